The Labute approximate surface area is 189 Å². The first-order valence-corrected chi connectivity index (χ1v) is 10.8. The molecule has 1 aliphatic rings. The van der Waals surface area contributed by atoms with Gasteiger partial charge in [-0.2, -0.15) is 0 Å². The zero-order chi connectivity index (χ0) is 22.8. The number of hydrogen-bond donors (Lipinski definition) is 1. The lowest BCUT2D eigenvalue weighted by Gasteiger charge is -2.26. The molecule has 1 N–H and O–H groups in total. The molecule has 0 aliphatic carbocycles. The predicted molar refractivity (Wildman–Crippen MR) is 122 cm³/mol. The minimum Gasteiger partial charge on any atom is -0.384 e. The van der Waals surface area contributed by atoms with Crippen LogP contribution >= 0.6 is 11.6 Å². The van der Waals surface area contributed by atoms with Crippen LogP contribution in [0.3, 0.4) is 0 Å². The van der Waals surface area contributed by atoms with Gasteiger partial charge < -0.3 is 24.2 Å². The molecule has 0 saturated carbocycles. The summed E-state index contributed by atoms with van der Waals surface area (Å²) in [7, 11) is 1.64. The first kappa shape index (κ1) is 23.6. The number of anilines is 2. The van der Waals surface area contributed by atoms with Crippen LogP contribution in [0.2, 0.25) is 5.02 Å². The van der Waals surface area contributed by atoms with Gasteiger partial charge in [0, 0.05) is 42.3 Å². The number of aromatic nitrogens is 1. The number of amides is 1. The van der Waals surface area contributed by atoms with E-state index in [0.29, 0.717) is 36.2 Å². The van der Waals surface area contributed by atoms with E-state index in [4.69, 9.17) is 25.6 Å². The van der Waals surface area contributed by atoms with E-state index in [0.717, 1.165) is 5.69 Å². The molecule has 1 amide bonds. The van der Waals surface area contributed by atoms with Crippen molar-refractivity contribution >= 4 is 29.0 Å². The summed E-state index contributed by atoms with van der Waals surface area (Å²) in [4.78, 5) is 15.3. The molecular weight excluding hydrogens is 418 g/mol. The third-order valence-electron chi connectivity index (χ3n) is 5.18. The van der Waals surface area contributed by atoms with Crippen LogP contribution in [-0.4, -0.2) is 49.1 Å². The van der Waals surface area contributed by atoms with Gasteiger partial charge in [0.1, 0.15) is 11.8 Å². The normalized spacial score (nSPS) is 19.6. The van der Waals surface area contributed by atoms with Gasteiger partial charge in [-0.25, -0.2) is 0 Å². The molecule has 0 unspecified atom stereocenters. The minimum atomic E-state index is -0.402. The molecule has 170 valence electrons. The van der Waals surface area contributed by atoms with Crippen molar-refractivity contribution in [1.82, 2.24) is 5.16 Å². The van der Waals surface area contributed by atoms with E-state index in [1.807, 2.05) is 58.9 Å². The minimum absolute atomic E-state index is 0.0695. The fourth-order valence-electron chi connectivity index (χ4n) is 3.84. The van der Waals surface area contributed by atoms with Gasteiger partial charge in [0.25, 0.3) is 0 Å². The number of rotatable bonds is 7. The number of ether oxygens (including phenoxy) is 2. The fourth-order valence-corrected chi connectivity index (χ4v) is 3.97. The molecule has 2 atom stereocenters. The van der Waals surface area contributed by atoms with E-state index in [2.05, 4.69) is 15.4 Å². The molecular formula is C23H32ClN3O4. The summed E-state index contributed by atoms with van der Waals surface area (Å²) < 4.78 is 16.9. The predicted octanol–water partition coefficient (Wildman–Crippen LogP) is 4.65. The molecule has 1 aliphatic heterocycles. The molecule has 1 fully saturated rings. The van der Waals surface area contributed by atoms with Crippen molar-refractivity contribution in [3.63, 3.8) is 0 Å². The van der Waals surface area contributed by atoms with Gasteiger partial charge in [0.05, 0.1) is 18.3 Å². The Morgan fingerprint density at radius 3 is 2.55 bits per heavy atom. The number of carbonyl (C=O) groups is 1. The van der Waals surface area contributed by atoms with Crippen molar-refractivity contribution in [2.24, 2.45) is 0 Å². The van der Waals surface area contributed by atoms with Crippen molar-refractivity contribution in [3.8, 4) is 0 Å². The van der Waals surface area contributed by atoms with E-state index in [1.165, 1.54) is 0 Å². The Hall–Kier alpha value is -2.09. The van der Waals surface area contributed by atoms with Crippen molar-refractivity contribution in [2.45, 2.75) is 64.2 Å². The lowest BCUT2D eigenvalue weighted by molar-refractivity contribution is -0.118. The second-order valence-electron chi connectivity index (χ2n) is 9.62. The van der Waals surface area contributed by atoms with Crippen LogP contribution in [0.4, 0.5) is 11.5 Å². The van der Waals surface area contributed by atoms with Gasteiger partial charge in [-0.3, -0.25) is 4.79 Å². The molecule has 3 rings (SSSR count). The second kappa shape index (κ2) is 9.18. The highest BCUT2D eigenvalue weighted by atomic mass is 35.5. The molecule has 1 aromatic carbocycles. The highest BCUT2D eigenvalue weighted by molar-refractivity contribution is 6.30. The van der Waals surface area contributed by atoms with Crippen LogP contribution in [0.15, 0.2) is 34.9 Å². The van der Waals surface area contributed by atoms with Gasteiger partial charge in [-0.15, -0.1) is 0 Å². The van der Waals surface area contributed by atoms with Crippen LogP contribution in [0.5, 0.6) is 0 Å². The summed E-state index contributed by atoms with van der Waals surface area (Å²) in [5.41, 5.74) is 0.279. The number of carbonyl (C=O) groups excluding carboxylic acids is 1. The zero-order valence-corrected chi connectivity index (χ0v) is 19.8. The monoisotopic (exact) mass is 449 g/mol. The van der Waals surface area contributed by atoms with Crippen LogP contribution in [0.25, 0.3) is 0 Å². The highest BCUT2D eigenvalue weighted by Crippen LogP contribution is 2.31. The van der Waals surface area contributed by atoms with Crippen LogP contribution in [-0.2, 0) is 19.7 Å². The van der Waals surface area contributed by atoms with Crippen LogP contribution in [0.1, 0.15) is 46.8 Å². The van der Waals surface area contributed by atoms with Crippen LogP contribution in [0, 0.1) is 0 Å². The SMILES string of the molecule is COCC(C)(C)c1cc(NC(=O)[C@@H]2C[C@@H](OC(C)(C)C)CN2c2ccc(Cl)cc2)no1. The quantitative estimate of drug-likeness (QED) is 0.662. The largest absolute Gasteiger partial charge is 0.384 e. The van der Waals surface area contributed by atoms with Gasteiger partial charge >= 0.3 is 0 Å². The molecule has 1 aromatic heterocycles. The van der Waals surface area contributed by atoms with Gasteiger partial charge in [-0.1, -0.05) is 30.6 Å². The lowest BCUT2D eigenvalue weighted by Crippen LogP contribution is -2.39. The highest BCUT2D eigenvalue weighted by Gasteiger charge is 2.39. The molecule has 2 aromatic rings. The van der Waals surface area contributed by atoms with E-state index >= 15 is 0 Å². The number of halogens is 1. The third kappa shape index (κ3) is 5.99. The fraction of sp³-hybridized carbons (Fsp3) is 0.565. The van der Waals surface area contributed by atoms with Crippen molar-refractivity contribution in [3.05, 3.63) is 41.1 Å². The number of nitrogens with zero attached hydrogens (tertiary/aromatic N) is 2. The molecule has 0 radical (unpaired) electrons. The van der Waals surface area contributed by atoms with Gasteiger partial charge in [0.2, 0.25) is 5.91 Å². The molecule has 31 heavy (non-hydrogen) atoms. The van der Waals surface area contributed by atoms with Gasteiger partial charge in [0.15, 0.2) is 5.82 Å². The van der Waals surface area contributed by atoms with E-state index < -0.39 is 6.04 Å². The summed E-state index contributed by atoms with van der Waals surface area (Å²) in [6, 6.07) is 8.84. The summed E-state index contributed by atoms with van der Waals surface area (Å²) in [6.07, 6.45) is 0.506. The summed E-state index contributed by atoms with van der Waals surface area (Å²) in [5.74, 6) is 0.888. The van der Waals surface area contributed by atoms with Crippen molar-refractivity contribution < 1.29 is 18.8 Å². The Morgan fingerprint density at radius 1 is 1.26 bits per heavy atom. The second-order valence-corrected chi connectivity index (χ2v) is 10.1. The maximum atomic E-state index is 13.2. The lowest BCUT2D eigenvalue weighted by atomic mass is 9.91. The first-order valence-electron chi connectivity index (χ1n) is 10.5. The summed E-state index contributed by atoms with van der Waals surface area (Å²) >= 11 is 6.05. The van der Waals surface area contributed by atoms with E-state index in [-0.39, 0.29) is 23.0 Å². The van der Waals surface area contributed by atoms with Crippen LogP contribution < -0.4 is 10.2 Å². The van der Waals surface area contributed by atoms with E-state index in [1.54, 1.807) is 13.2 Å². The van der Waals surface area contributed by atoms with Crippen molar-refractivity contribution in [2.75, 3.05) is 30.5 Å². The number of methoxy groups -OCH3 is 1. The summed E-state index contributed by atoms with van der Waals surface area (Å²) in [5, 5.41) is 7.59. The number of benzene rings is 1. The molecule has 0 spiro atoms. The molecule has 2 heterocycles. The maximum Gasteiger partial charge on any atom is 0.248 e. The Morgan fingerprint density at radius 2 is 1.94 bits per heavy atom. The maximum absolute atomic E-state index is 13.2. The number of hydrogen-bond acceptors (Lipinski definition) is 6. The molecule has 0 bridgehead atoms. The Bertz CT molecular complexity index is 889. The first-order chi connectivity index (χ1) is 14.5. The number of nitrogens with one attached hydrogen (secondary N) is 1. The smallest absolute Gasteiger partial charge is 0.248 e. The standard InChI is InChI=1S/C23H32ClN3O4/c1-22(2,3)30-17-11-18(27(13-17)16-9-7-15(24)8-10-16)21(28)25-20-12-19(31-26-20)23(4,5)14-29-6/h7-10,12,17-18H,11,13-14H2,1-6H3,(H,25,26,28)/t17-,18+/m1/s1. The van der Waals surface area contributed by atoms with Gasteiger partial charge in [-0.05, 0) is 45.0 Å². The third-order valence-corrected chi connectivity index (χ3v) is 5.43. The Kier molecular flexibility index (Phi) is 6.98. The Balaban J connectivity index is 1.78. The van der Waals surface area contributed by atoms with Crippen molar-refractivity contribution in [1.29, 1.82) is 0 Å². The molecule has 1 saturated heterocycles. The molecule has 7 nitrogen and oxygen atoms in total. The average molecular weight is 450 g/mol. The molecule has 8 heteroatoms. The topological polar surface area (TPSA) is 76.8 Å². The van der Waals surface area contributed by atoms with E-state index in [9.17, 15) is 4.79 Å². The summed E-state index contributed by atoms with van der Waals surface area (Å²) in [6.45, 7) is 11.1. The average Bonchev–Trinajstić information content (AvgIpc) is 3.28. The zero-order valence-electron chi connectivity index (χ0n) is 19.1.